The molecule has 6 rings (SSSR count). The number of sulfone groups is 2. The molecule has 0 unspecified atom stereocenters. The second kappa shape index (κ2) is 147. The van der Waals surface area contributed by atoms with E-state index in [0.29, 0.717) is 26.1 Å². The number of nitrogens with zero attached hydrogens (tertiary/aromatic N) is 5. The summed E-state index contributed by atoms with van der Waals surface area (Å²) < 4.78 is 142. The molecule has 0 aliphatic carbocycles. The lowest BCUT2D eigenvalue weighted by Gasteiger charge is -2.15. The van der Waals surface area contributed by atoms with Gasteiger partial charge in [-0.15, -0.1) is 0 Å². The van der Waals surface area contributed by atoms with Crippen LogP contribution in [-0.2, 0) is 40.5 Å². The van der Waals surface area contributed by atoms with Gasteiger partial charge in [0.15, 0.2) is 6.61 Å². The Balaban J connectivity index is -0.00000000897. The van der Waals surface area contributed by atoms with Crippen LogP contribution in [0.15, 0.2) is 93.0 Å². The van der Waals surface area contributed by atoms with Gasteiger partial charge in [-0.3, -0.25) is 18.3 Å². The van der Waals surface area contributed by atoms with Crippen molar-refractivity contribution >= 4 is 110 Å². The second-order valence-corrected chi connectivity index (χ2v) is 21.6. The zero-order chi connectivity index (χ0) is 46.8. The Morgan fingerprint density at radius 3 is 0.863 bits per heavy atom. The average Bonchev–Trinajstić information content (AvgIpc) is 3.14. The van der Waals surface area contributed by atoms with E-state index in [2.05, 4.69) is 29.1 Å². The van der Waals surface area contributed by atoms with Crippen molar-refractivity contribution in [1.82, 2.24) is 29.5 Å². The fourth-order valence-electron chi connectivity index (χ4n) is 4.77. The minimum atomic E-state index is -4.85. The Morgan fingerprint density at radius 1 is 0.368 bits per heavy atom. The van der Waals surface area contributed by atoms with Crippen LogP contribution in [-0.4, -0.2) is 89.3 Å². The molecule has 0 spiro atoms. The molecule has 15 nitrogen and oxygen atoms in total. The number of alkyl halides is 9. The van der Waals surface area contributed by atoms with Crippen LogP contribution in [0.5, 0.6) is 0 Å². The normalized spacial score (nSPS) is 6.71. The van der Waals surface area contributed by atoms with Gasteiger partial charge in [0.25, 0.3) is 11.1 Å². The minimum absolute atomic E-state index is 0. The average molecular weight is 1920 g/mol. The highest BCUT2D eigenvalue weighted by molar-refractivity contribution is 7.93. The van der Waals surface area contributed by atoms with Gasteiger partial charge in [-0.25, -0.2) is 31.8 Å². The SMILES string of the molecule is C.C.C.C.C.C.C.C.C.C.C.C.C.C.C.C.C.C.C.C.C.C.C.C.C.C.C.C.C.C.C.C.C.C.C.C.C.C.C.C.C.C.C.C.C.C.C.C.C.C.C.C.C.C.C.CS(=O)(=O)c1ncc2cc(-c3ccccc3Cl)c(=O)[nH]c2n1.CS(=O)(=O)c1ncc2cc(-c3ccccc3Cl)c(=O)n(CC(F)(F)F)c2n1.O=S(=O)(OCC(F)(F)F)C(Cl)(Cl)Cl. The maximum Gasteiger partial charge on any atom is 0.413 e. The molecule has 0 amide bonds. The first-order valence-electron chi connectivity index (χ1n) is 16.1. The quantitative estimate of drug-likeness (QED) is 0.0681. The van der Waals surface area contributed by atoms with E-state index < -0.39 is 80.3 Å². The number of nitrogens with one attached hydrogen (secondary N) is 1. The number of halogens is 11. The molecule has 0 radical (unpaired) electrons. The molecule has 117 heavy (non-hydrogen) atoms. The molecule has 0 aliphatic rings. The fourth-order valence-corrected chi connectivity index (χ4v) is 7.06. The molecular formula is C88H243Cl5F6N6O9S3. The molecule has 0 saturated heterocycles. The van der Waals surface area contributed by atoms with Gasteiger partial charge >= 0.3 is 25.6 Å². The third-order valence-electron chi connectivity index (χ3n) is 7.37. The van der Waals surface area contributed by atoms with Gasteiger partial charge in [0.1, 0.15) is 17.8 Å². The van der Waals surface area contributed by atoms with Gasteiger partial charge in [0, 0.05) is 68.0 Å². The number of hydrogen-bond acceptors (Lipinski definition) is 13. The number of fused-ring (bicyclic) bond motifs is 2. The minimum Gasteiger partial charge on any atom is -0.306 e. The van der Waals surface area contributed by atoms with E-state index in [0.717, 1.165) is 18.7 Å². The van der Waals surface area contributed by atoms with E-state index in [1.807, 2.05) is 0 Å². The monoisotopic (exact) mass is 1910 g/mol. The summed E-state index contributed by atoms with van der Waals surface area (Å²) in [5.74, 6) is 0. The van der Waals surface area contributed by atoms with Crippen LogP contribution in [0.4, 0.5) is 26.3 Å². The lowest BCUT2D eigenvalue weighted by Crippen LogP contribution is -2.30. The van der Waals surface area contributed by atoms with Crippen LogP contribution in [0, 0.1) is 0 Å². The highest BCUT2D eigenvalue weighted by Gasteiger charge is 2.42. The van der Waals surface area contributed by atoms with Crippen LogP contribution in [0.2, 0.25) is 10.0 Å². The summed E-state index contributed by atoms with van der Waals surface area (Å²) in [5.41, 5.74) is -0.542. The highest BCUT2D eigenvalue weighted by atomic mass is 35.6. The van der Waals surface area contributed by atoms with E-state index in [4.69, 9.17) is 58.0 Å². The molecule has 0 atom stereocenters. The number of hydrogen-bond donors (Lipinski definition) is 1. The molecule has 2 aromatic carbocycles. The van der Waals surface area contributed by atoms with Gasteiger partial charge in [-0.2, -0.15) is 39.7 Å². The fraction of sp³-hybridized carbons (Fsp3) is 0.705. The first-order valence-corrected chi connectivity index (χ1v) is 23.2. The predicted molar refractivity (Wildman–Crippen MR) is 589 cm³/mol. The molecule has 29 heteroatoms. The molecule has 0 bridgehead atoms. The van der Waals surface area contributed by atoms with E-state index in [9.17, 15) is 61.2 Å². The number of aromatic nitrogens is 6. The van der Waals surface area contributed by atoms with Crippen molar-refractivity contribution in [3.8, 4) is 22.3 Å². The second-order valence-electron chi connectivity index (χ2n) is 12.2. The summed E-state index contributed by atoms with van der Waals surface area (Å²) in [7, 11) is -12.3. The number of aromatic amines is 1. The molecule has 1 N–H and O–H groups in total. The summed E-state index contributed by atoms with van der Waals surface area (Å²) in [5, 5.41) is 0.210. The van der Waals surface area contributed by atoms with Crippen LogP contribution in [0.1, 0.15) is 408 Å². The zero-order valence-corrected chi connectivity index (χ0v) is 36.9. The Morgan fingerprint density at radius 2 is 0.615 bits per heavy atom. The number of rotatable bonds is 7. The van der Waals surface area contributed by atoms with Gasteiger partial charge < -0.3 is 4.98 Å². The summed E-state index contributed by atoms with van der Waals surface area (Å²) in [6.45, 7) is -3.66. The molecule has 774 valence electrons. The highest BCUT2D eigenvalue weighted by Crippen LogP contribution is 2.35. The molecule has 0 saturated carbocycles. The van der Waals surface area contributed by atoms with E-state index in [-0.39, 0.29) is 441 Å². The van der Waals surface area contributed by atoms with Crippen LogP contribution < -0.4 is 11.1 Å². The van der Waals surface area contributed by atoms with Crippen molar-refractivity contribution in [2.45, 2.75) is 441 Å². The molecule has 0 fully saturated rings. The maximum absolute atomic E-state index is 13.0. The van der Waals surface area contributed by atoms with Crippen molar-refractivity contribution in [3.63, 3.8) is 0 Å². The van der Waals surface area contributed by atoms with Crippen LogP contribution >= 0.6 is 58.0 Å². The van der Waals surface area contributed by atoms with Crippen molar-refractivity contribution in [2.75, 3.05) is 19.1 Å². The first-order chi connectivity index (χ1) is 28.3. The van der Waals surface area contributed by atoms with Crippen LogP contribution in [0.25, 0.3) is 44.3 Å². The number of pyridine rings is 2. The zero-order valence-electron chi connectivity index (χ0n) is 30.6. The third kappa shape index (κ3) is 106. The van der Waals surface area contributed by atoms with Crippen molar-refractivity contribution in [1.29, 1.82) is 0 Å². The van der Waals surface area contributed by atoms with E-state index in [1.54, 1.807) is 42.5 Å². The molecular weight excluding hydrogens is 1670 g/mol. The van der Waals surface area contributed by atoms with Crippen molar-refractivity contribution < 1.29 is 55.8 Å². The lowest BCUT2D eigenvalue weighted by atomic mass is 10.1. The van der Waals surface area contributed by atoms with Crippen molar-refractivity contribution in [2.24, 2.45) is 0 Å². The molecule has 4 aromatic heterocycles. The van der Waals surface area contributed by atoms with Gasteiger partial charge in [0.2, 0.25) is 30.0 Å². The van der Waals surface area contributed by atoms with Crippen LogP contribution in [0.3, 0.4) is 0 Å². The predicted octanol–water partition coefficient (Wildman–Crippen LogP) is 42.3. The van der Waals surface area contributed by atoms with Gasteiger partial charge in [-0.1, -0.05) is 503 Å². The lowest BCUT2D eigenvalue weighted by molar-refractivity contribution is -0.152. The number of H-pyrrole nitrogens is 1. The standard InChI is InChI=1S/C16H11ClF3N3O3S.C14H10ClN3O3S.C3H2Cl3F3O3S.55CH4/c1-27(25,26)15-21-7-9-6-11(10-4-2-3-5-12(10)17)14(24)23(13(9)22-15)8-16(18,19)20;1-22(20,21)14-16-7-8-6-10(13(19)17-12(8)18-14)9-4-2-3-5-11(9)15;4-3(5,6)13(10,11)12-1-2(7,8)9;;;;;;;;;;;;;;;;;;;;;;;;;;;;;;;;;;;;;;;;;;;;;;;;;;;;;;;/h2-7H,8H2,1H3;2-7H,1H3,(H,16,17,18,19);1H2;55*1H4. The molecule has 6 aromatic rings. The Hall–Kier alpha value is -4.14. The van der Waals surface area contributed by atoms with Crippen molar-refractivity contribution in [3.05, 3.63) is 104 Å². The summed E-state index contributed by atoms with van der Waals surface area (Å²) in [6, 6.07) is 16.0. The van der Waals surface area contributed by atoms with Gasteiger partial charge in [0.05, 0.1) is 0 Å². The summed E-state index contributed by atoms with van der Waals surface area (Å²) in [6.07, 6.45) is -5.29. The summed E-state index contributed by atoms with van der Waals surface area (Å²) in [4.78, 5) is 42.6. The first kappa shape index (κ1) is 381. The topological polar surface area (TPSA) is 218 Å². The third-order valence-corrected chi connectivity index (χ3v) is 12.4. The van der Waals surface area contributed by atoms with Gasteiger partial charge in [-0.05, 0) is 24.3 Å². The summed E-state index contributed by atoms with van der Waals surface area (Å²) >= 11 is 26.6. The Kier molecular flexibility index (Phi) is 478. The van der Waals surface area contributed by atoms with E-state index in [1.165, 1.54) is 24.4 Å². The molecule has 4 heterocycles. The number of benzene rings is 2. The Bertz CT molecular complexity index is 3170. The Labute approximate surface area is 775 Å². The maximum atomic E-state index is 13.0. The van der Waals surface area contributed by atoms with E-state index >= 15 is 0 Å². The smallest absolute Gasteiger partial charge is 0.306 e. The molecule has 0 aliphatic heterocycles. The largest absolute Gasteiger partial charge is 0.413 e.